The van der Waals surface area contributed by atoms with Crippen LogP contribution in [0.1, 0.15) is 29.9 Å². The molecule has 1 saturated carbocycles. The first-order valence-corrected chi connectivity index (χ1v) is 9.55. The van der Waals surface area contributed by atoms with E-state index < -0.39 is 6.67 Å². The molecule has 0 bridgehead atoms. The van der Waals surface area contributed by atoms with Gasteiger partial charge in [-0.25, -0.2) is 4.39 Å². The van der Waals surface area contributed by atoms with E-state index >= 15 is 0 Å². The van der Waals surface area contributed by atoms with Gasteiger partial charge in [0.1, 0.15) is 6.67 Å². The van der Waals surface area contributed by atoms with Crippen LogP contribution in [0, 0.1) is 0 Å². The van der Waals surface area contributed by atoms with Gasteiger partial charge in [-0.2, -0.15) is 0 Å². The van der Waals surface area contributed by atoms with E-state index in [1.807, 2.05) is 30.5 Å². The second-order valence-electron chi connectivity index (χ2n) is 7.56. The molecule has 2 aliphatic rings. The molecule has 0 radical (unpaired) electrons. The molecule has 1 saturated heterocycles. The number of pyridine rings is 1. The first-order valence-electron chi connectivity index (χ1n) is 9.55. The minimum atomic E-state index is -0.440. The molecule has 3 N–H and O–H groups in total. The molecule has 0 amide bonds. The van der Waals surface area contributed by atoms with Gasteiger partial charge in [-0.15, -0.1) is 0 Å². The lowest BCUT2D eigenvalue weighted by atomic mass is 10.1. The standard InChI is InChI=1S/C21H27FN4/c22-12-15-2-1-3-16(10-15)20-5-4-17(13-25-20)19-11-21(19)24-7-9-26-8-6-18(23)14-26/h1-5,10,13,18-19,21,24H,6-9,11-12,14,23H2/t18-,19?,21+/m1/s1. The Morgan fingerprint density at radius 3 is 2.92 bits per heavy atom. The van der Waals surface area contributed by atoms with Crippen LogP contribution < -0.4 is 11.1 Å². The van der Waals surface area contributed by atoms with Gasteiger partial charge in [0, 0.05) is 49.4 Å². The van der Waals surface area contributed by atoms with E-state index in [4.69, 9.17) is 5.73 Å². The van der Waals surface area contributed by atoms with Gasteiger partial charge in [0.15, 0.2) is 0 Å². The van der Waals surface area contributed by atoms with Gasteiger partial charge in [-0.1, -0.05) is 24.3 Å². The Morgan fingerprint density at radius 1 is 1.27 bits per heavy atom. The van der Waals surface area contributed by atoms with E-state index in [0.717, 1.165) is 43.9 Å². The molecule has 4 rings (SSSR count). The number of benzene rings is 1. The van der Waals surface area contributed by atoms with E-state index in [1.54, 1.807) is 6.07 Å². The lowest BCUT2D eigenvalue weighted by Crippen LogP contribution is -2.33. The highest BCUT2D eigenvalue weighted by atomic mass is 19.1. The van der Waals surface area contributed by atoms with Crippen LogP contribution in [-0.4, -0.2) is 48.1 Å². The van der Waals surface area contributed by atoms with Crippen LogP contribution in [0.3, 0.4) is 0 Å². The SMILES string of the molecule is N[C@@H]1CCN(CCN[C@H]2CC2c2ccc(-c3cccc(CF)c3)nc2)C1. The lowest BCUT2D eigenvalue weighted by molar-refractivity contribution is 0.331. The number of hydrogen-bond acceptors (Lipinski definition) is 4. The first kappa shape index (κ1) is 17.6. The summed E-state index contributed by atoms with van der Waals surface area (Å²) in [4.78, 5) is 7.04. The Balaban J connectivity index is 1.28. The molecule has 1 aliphatic carbocycles. The van der Waals surface area contributed by atoms with Crippen molar-refractivity contribution in [3.8, 4) is 11.3 Å². The van der Waals surface area contributed by atoms with Crippen molar-refractivity contribution in [3.05, 3.63) is 53.7 Å². The fraction of sp³-hybridized carbons (Fsp3) is 0.476. The Labute approximate surface area is 154 Å². The smallest absolute Gasteiger partial charge is 0.115 e. The van der Waals surface area contributed by atoms with Gasteiger partial charge in [0.05, 0.1) is 5.69 Å². The fourth-order valence-electron chi connectivity index (χ4n) is 3.87. The van der Waals surface area contributed by atoms with Crippen molar-refractivity contribution in [2.45, 2.75) is 37.5 Å². The maximum Gasteiger partial charge on any atom is 0.115 e. The zero-order valence-corrected chi connectivity index (χ0v) is 15.1. The van der Waals surface area contributed by atoms with Gasteiger partial charge < -0.3 is 16.0 Å². The normalized spacial score (nSPS) is 25.5. The molecule has 4 nitrogen and oxygen atoms in total. The van der Waals surface area contributed by atoms with E-state index in [9.17, 15) is 4.39 Å². The summed E-state index contributed by atoms with van der Waals surface area (Å²) in [6.07, 6.45) is 4.28. The van der Waals surface area contributed by atoms with Crippen LogP contribution in [0.2, 0.25) is 0 Å². The zero-order valence-electron chi connectivity index (χ0n) is 15.1. The third kappa shape index (κ3) is 4.11. The quantitative estimate of drug-likeness (QED) is 0.803. The average molecular weight is 354 g/mol. The molecule has 5 heteroatoms. The molecule has 26 heavy (non-hydrogen) atoms. The van der Waals surface area contributed by atoms with Crippen molar-refractivity contribution in [1.82, 2.24) is 15.2 Å². The van der Waals surface area contributed by atoms with E-state index in [1.165, 1.54) is 12.0 Å². The van der Waals surface area contributed by atoms with Crippen LogP contribution in [0.5, 0.6) is 0 Å². The highest BCUT2D eigenvalue weighted by Gasteiger charge is 2.38. The van der Waals surface area contributed by atoms with Crippen molar-refractivity contribution in [2.24, 2.45) is 5.73 Å². The Kier molecular flexibility index (Phi) is 5.29. The third-order valence-corrected chi connectivity index (χ3v) is 5.53. The predicted octanol–water partition coefficient (Wildman–Crippen LogP) is 2.70. The van der Waals surface area contributed by atoms with Crippen molar-refractivity contribution in [2.75, 3.05) is 26.2 Å². The van der Waals surface area contributed by atoms with Gasteiger partial charge in [-0.05, 0) is 42.6 Å². The van der Waals surface area contributed by atoms with E-state index in [-0.39, 0.29) is 0 Å². The van der Waals surface area contributed by atoms with Crippen LogP contribution in [0.4, 0.5) is 4.39 Å². The number of nitrogens with two attached hydrogens (primary N) is 1. The van der Waals surface area contributed by atoms with E-state index in [2.05, 4.69) is 21.3 Å². The van der Waals surface area contributed by atoms with E-state index in [0.29, 0.717) is 23.6 Å². The molecule has 1 aromatic carbocycles. The Morgan fingerprint density at radius 2 is 2.19 bits per heavy atom. The summed E-state index contributed by atoms with van der Waals surface area (Å²) >= 11 is 0. The average Bonchev–Trinajstić information content (AvgIpc) is 3.34. The van der Waals surface area contributed by atoms with Crippen molar-refractivity contribution >= 4 is 0 Å². The molecule has 2 fully saturated rings. The topological polar surface area (TPSA) is 54.2 Å². The van der Waals surface area contributed by atoms with Crippen molar-refractivity contribution in [3.63, 3.8) is 0 Å². The van der Waals surface area contributed by atoms with Crippen LogP contribution in [0.15, 0.2) is 42.6 Å². The molecule has 138 valence electrons. The summed E-state index contributed by atoms with van der Waals surface area (Å²) < 4.78 is 12.8. The minimum absolute atomic E-state index is 0.360. The number of nitrogens with zero attached hydrogens (tertiary/aromatic N) is 2. The minimum Gasteiger partial charge on any atom is -0.326 e. The molecule has 1 aromatic heterocycles. The Bertz CT molecular complexity index is 733. The summed E-state index contributed by atoms with van der Waals surface area (Å²) in [7, 11) is 0. The number of hydrogen-bond donors (Lipinski definition) is 2. The first-order chi connectivity index (χ1) is 12.7. The molecular formula is C21H27FN4. The number of nitrogens with one attached hydrogen (secondary N) is 1. The maximum absolute atomic E-state index is 12.8. The monoisotopic (exact) mass is 354 g/mol. The number of alkyl halides is 1. The molecule has 1 aliphatic heterocycles. The molecule has 2 aromatic rings. The molecule has 3 atom stereocenters. The number of likely N-dealkylation sites (tertiary alicyclic amines) is 1. The fourth-order valence-corrected chi connectivity index (χ4v) is 3.87. The van der Waals surface area contributed by atoms with Gasteiger partial charge >= 0.3 is 0 Å². The van der Waals surface area contributed by atoms with Gasteiger partial charge in [-0.3, -0.25) is 4.98 Å². The Hall–Kier alpha value is -1.82. The summed E-state index contributed by atoms with van der Waals surface area (Å²) in [6, 6.07) is 12.7. The zero-order chi connectivity index (χ0) is 17.9. The van der Waals surface area contributed by atoms with Crippen LogP contribution >= 0.6 is 0 Å². The maximum atomic E-state index is 12.8. The van der Waals surface area contributed by atoms with Crippen LogP contribution in [0.25, 0.3) is 11.3 Å². The molecular weight excluding hydrogens is 327 g/mol. The lowest BCUT2D eigenvalue weighted by Gasteiger charge is -2.15. The number of halogens is 1. The highest BCUT2D eigenvalue weighted by Crippen LogP contribution is 2.40. The number of aromatic nitrogens is 1. The summed E-state index contributed by atoms with van der Waals surface area (Å²) in [5, 5.41) is 3.66. The molecule has 1 unspecified atom stereocenters. The van der Waals surface area contributed by atoms with Gasteiger partial charge in [0.25, 0.3) is 0 Å². The van der Waals surface area contributed by atoms with Crippen LogP contribution in [-0.2, 0) is 6.67 Å². The summed E-state index contributed by atoms with van der Waals surface area (Å²) in [5.41, 5.74) is 9.81. The molecule has 2 heterocycles. The number of rotatable bonds is 7. The third-order valence-electron chi connectivity index (χ3n) is 5.53. The molecule has 0 spiro atoms. The second-order valence-corrected chi connectivity index (χ2v) is 7.56. The summed E-state index contributed by atoms with van der Waals surface area (Å²) in [6.45, 7) is 3.83. The largest absolute Gasteiger partial charge is 0.326 e. The van der Waals surface area contributed by atoms with Gasteiger partial charge in [0.2, 0.25) is 0 Å². The second kappa shape index (κ2) is 7.82. The van der Waals surface area contributed by atoms with Crippen molar-refractivity contribution in [1.29, 1.82) is 0 Å². The summed E-state index contributed by atoms with van der Waals surface area (Å²) in [5.74, 6) is 0.564. The van der Waals surface area contributed by atoms with Crippen molar-refractivity contribution < 1.29 is 4.39 Å². The highest BCUT2D eigenvalue weighted by molar-refractivity contribution is 5.60. The predicted molar refractivity (Wildman–Crippen MR) is 103 cm³/mol.